The van der Waals surface area contributed by atoms with E-state index in [0.29, 0.717) is 0 Å². The van der Waals surface area contributed by atoms with E-state index in [2.05, 4.69) is 4.74 Å². The van der Waals surface area contributed by atoms with Gasteiger partial charge in [0.15, 0.2) is 0 Å². The number of nitrogens with one attached hydrogen (secondary N) is 1. The van der Waals surface area contributed by atoms with Crippen molar-refractivity contribution in [2.45, 2.75) is 11.3 Å². The zero-order chi connectivity index (χ0) is 17.3. The molecule has 1 heterocycles. The molecule has 0 radical (unpaired) electrons. The number of carbonyl (C=O) groups is 1. The second-order valence-electron chi connectivity index (χ2n) is 4.49. The molecule has 1 aromatic carbocycles. The Bertz CT molecular complexity index is 728. The second kappa shape index (κ2) is 6.18. The van der Waals surface area contributed by atoms with Crippen molar-refractivity contribution >= 4 is 15.9 Å². The first-order valence-electron chi connectivity index (χ1n) is 6.13. The van der Waals surface area contributed by atoms with Crippen molar-refractivity contribution in [1.29, 1.82) is 0 Å². The molecule has 0 aliphatic carbocycles. The fourth-order valence-corrected chi connectivity index (χ4v) is 3.27. The number of hydrogen-bond acceptors (Lipinski definition) is 5. The van der Waals surface area contributed by atoms with Crippen LogP contribution in [0.15, 0.2) is 40.8 Å². The maximum atomic E-state index is 12.3. The smallest absolute Gasteiger partial charge is 0.406 e. The number of carbonyl (C=O) groups excluding carboxylic acids is 1. The summed E-state index contributed by atoms with van der Waals surface area (Å²) in [6, 6.07) is 3.71. The lowest BCUT2D eigenvalue weighted by Crippen LogP contribution is -2.31. The van der Waals surface area contributed by atoms with Gasteiger partial charge in [-0.3, -0.25) is 10.0 Å². The predicted octanol–water partition coefficient (Wildman–Crippen LogP) is 1.02. The first-order chi connectivity index (χ1) is 10.6. The topological polar surface area (TPSA) is 95.9 Å². The van der Waals surface area contributed by atoms with E-state index in [1.807, 2.05) is 0 Å². The Morgan fingerprint density at radius 3 is 2.39 bits per heavy atom. The summed E-state index contributed by atoms with van der Waals surface area (Å²) >= 11 is 0. The minimum atomic E-state index is -4.87. The number of hydroxylamine groups is 1. The normalized spacial score (nSPS) is 16.1. The number of ether oxygens (including phenoxy) is 1. The third-order valence-electron chi connectivity index (χ3n) is 2.98. The fourth-order valence-electron chi connectivity index (χ4n) is 1.91. The van der Waals surface area contributed by atoms with Gasteiger partial charge >= 0.3 is 6.36 Å². The van der Waals surface area contributed by atoms with Crippen LogP contribution in [-0.4, -0.2) is 43.3 Å². The molecule has 0 saturated heterocycles. The lowest BCUT2D eigenvalue weighted by atomic mass is 10.3. The van der Waals surface area contributed by atoms with Crippen LogP contribution >= 0.6 is 0 Å². The Labute approximate surface area is 129 Å². The summed E-state index contributed by atoms with van der Waals surface area (Å²) in [5.74, 6) is -1.37. The molecule has 23 heavy (non-hydrogen) atoms. The summed E-state index contributed by atoms with van der Waals surface area (Å²) in [6.45, 7) is -0.346. The van der Waals surface area contributed by atoms with Gasteiger partial charge in [0, 0.05) is 18.7 Å². The van der Waals surface area contributed by atoms with Crippen LogP contribution in [0.25, 0.3) is 0 Å². The van der Waals surface area contributed by atoms with E-state index < -0.39 is 28.0 Å². The summed E-state index contributed by atoms with van der Waals surface area (Å²) in [6.07, 6.45) is -3.55. The average molecular weight is 352 g/mol. The first-order valence-corrected chi connectivity index (χ1v) is 7.57. The van der Waals surface area contributed by atoms with Crippen LogP contribution in [0.3, 0.4) is 0 Å². The third-order valence-corrected chi connectivity index (χ3v) is 4.80. The van der Waals surface area contributed by atoms with Gasteiger partial charge in [-0.2, -0.15) is 4.31 Å². The molecule has 2 rings (SSSR count). The quantitative estimate of drug-likeness (QED) is 0.623. The van der Waals surface area contributed by atoms with Gasteiger partial charge in [0.25, 0.3) is 5.91 Å². The monoisotopic (exact) mass is 352 g/mol. The fraction of sp³-hybridized carbons (Fsp3) is 0.250. The van der Waals surface area contributed by atoms with Gasteiger partial charge < -0.3 is 4.74 Å². The molecule has 7 nitrogen and oxygen atoms in total. The molecule has 2 N–H and O–H groups in total. The van der Waals surface area contributed by atoms with Gasteiger partial charge in [-0.05, 0) is 24.3 Å². The first kappa shape index (κ1) is 17.2. The number of benzene rings is 1. The van der Waals surface area contributed by atoms with E-state index in [1.165, 1.54) is 11.6 Å². The highest BCUT2D eigenvalue weighted by Gasteiger charge is 2.32. The van der Waals surface area contributed by atoms with Crippen LogP contribution in [0.5, 0.6) is 5.75 Å². The number of halogens is 3. The zero-order valence-corrected chi connectivity index (χ0v) is 12.2. The molecular weight excluding hydrogens is 341 g/mol. The summed E-state index contributed by atoms with van der Waals surface area (Å²) in [7, 11) is -3.99. The molecule has 0 unspecified atom stereocenters. The van der Waals surface area contributed by atoms with E-state index in [0.717, 1.165) is 28.6 Å². The van der Waals surface area contributed by atoms with Crippen molar-refractivity contribution in [3.8, 4) is 5.75 Å². The van der Waals surface area contributed by atoms with Gasteiger partial charge in [-0.25, -0.2) is 13.9 Å². The standard InChI is InChI=1S/C12H11F3N2O5S/c13-12(14,15)22-9-1-3-10(4-2-9)23(20,21)17-6-5-8(7-17)11(18)16-19/h1-5,19H,6-7H2,(H,16,18). The minimum absolute atomic E-state index is 0.0631. The lowest BCUT2D eigenvalue weighted by molar-refractivity contribution is -0.274. The van der Waals surface area contributed by atoms with E-state index in [-0.39, 0.29) is 23.6 Å². The zero-order valence-electron chi connectivity index (χ0n) is 11.4. The number of alkyl halides is 3. The van der Waals surface area contributed by atoms with Crippen LogP contribution in [-0.2, 0) is 14.8 Å². The van der Waals surface area contributed by atoms with E-state index in [4.69, 9.17) is 5.21 Å². The van der Waals surface area contributed by atoms with Crippen molar-refractivity contribution in [3.63, 3.8) is 0 Å². The second-order valence-corrected chi connectivity index (χ2v) is 6.42. The van der Waals surface area contributed by atoms with E-state index in [1.54, 1.807) is 0 Å². The molecule has 1 aromatic rings. The SMILES string of the molecule is O=C(NO)C1=CCN(S(=O)(=O)c2ccc(OC(F)(F)F)cc2)C1. The third kappa shape index (κ3) is 4.00. The maximum Gasteiger partial charge on any atom is 0.573 e. The summed E-state index contributed by atoms with van der Waals surface area (Å²) in [5, 5.41) is 8.51. The van der Waals surface area contributed by atoms with Crippen molar-refractivity contribution in [2.24, 2.45) is 0 Å². The summed E-state index contributed by atoms with van der Waals surface area (Å²) < 4.78 is 65.4. The Kier molecular flexibility index (Phi) is 4.63. The molecule has 0 atom stereocenters. The molecule has 1 amide bonds. The Balaban J connectivity index is 2.14. The van der Waals surface area contributed by atoms with Crippen molar-refractivity contribution in [1.82, 2.24) is 9.79 Å². The highest BCUT2D eigenvalue weighted by molar-refractivity contribution is 7.89. The number of hydrogen-bond donors (Lipinski definition) is 2. The van der Waals surface area contributed by atoms with Crippen LogP contribution in [0, 0.1) is 0 Å². The maximum absolute atomic E-state index is 12.3. The molecule has 1 aliphatic heterocycles. The van der Waals surface area contributed by atoms with Gasteiger partial charge in [0.05, 0.1) is 4.90 Å². The van der Waals surface area contributed by atoms with Gasteiger partial charge in [0.1, 0.15) is 5.75 Å². The molecule has 126 valence electrons. The number of nitrogens with zero attached hydrogens (tertiary/aromatic N) is 1. The number of amides is 1. The molecule has 0 fully saturated rings. The van der Waals surface area contributed by atoms with Crippen molar-refractivity contribution in [3.05, 3.63) is 35.9 Å². The Morgan fingerprint density at radius 2 is 1.87 bits per heavy atom. The van der Waals surface area contributed by atoms with Crippen molar-refractivity contribution in [2.75, 3.05) is 13.1 Å². The van der Waals surface area contributed by atoms with Gasteiger partial charge in [-0.1, -0.05) is 6.08 Å². The van der Waals surface area contributed by atoms with Crippen LogP contribution in [0.2, 0.25) is 0 Å². The van der Waals surface area contributed by atoms with Crippen LogP contribution in [0.1, 0.15) is 0 Å². The van der Waals surface area contributed by atoms with E-state index >= 15 is 0 Å². The Morgan fingerprint density at radius 1 is 1.26 bits per heavy atom. The molecule has 0 bridgehead atoms. The average Bonchev–Trinajstić information content (AvgIpc) is 2.96. The molecule has 0 saturated carbocycles. The highest BCUT2D eigenvalue weighted by Crippen LogP contribution is 2.26. The molecule has 0 spiro atoms. The van der Waals surface area contributed by atoms with Gasteiger partial charge in [-0.15, -0.1) is 13.2 Å². The lowest BCUT2D eigenvalue weighted by Gasteiger charge is -2.16. The van der Waals surface area contributed by atoms with Crippen LogP contribution < -0.4 is 10.2 Å². The number of sulfonamides is 1. The predicted molar refractivity (Wildman–Crippen MR) is 69.9 cm³/mol. The molecule has 0 aromatic heterocycles. The minimum Gasteiger partial charge on any atom is -0.406 e. The van der Waals surface area contributed by atoms with E-state index in [9.17, 15) is 26.4 Å². The van der Waals surface area contributed by atoms with Crippen LogP contribution in [0.4, 0.5) is 13.2 Å². The largest absolute Gasteiger partial charge is 0.573 e. The molecule has 1 aliphatic rings. The molecule has 11 heteroatoms. The van der Waals surface area contributed by atoms with Crippen molar-refractivity contribution < 1.29 is 36.3 Å². The number of rotatable bonds is 4. The molecular formula is C12H11F3N2O5S. The Hall–Kier alpha value is -2.11. The summed E-state index contributed by atoms with van der Waals surface area (Å²) in [4.78, 5) is 11.0. The highest BCUT2D eigenvalue weighted by atomic mass is 32.2. The summed E-state index contributed by atoms with van der Waals surface area (Å²) in [5.41, 5.74) is 1.46. The van der Waals surface area contributed by atoms with Gasteiger partial charge in [0.2, 0.25) is 10.0 Å².